The molecular formula is C19H16N2O6. The first-order chi connectivity index (χ1) is 12.9. The average Bonchev–Trinajstić information content (AvgIpc) is 2.64. The Bertz CT molecular complexity index is 1090. The summed E-state index contributed by atoms with van der Waals surface area (Å²) < 4.78 is 1.25. The van der Waals surface area contributed by atoms with Gasteiger partial charge in [-0.2, -0.15) is 0 Å². The van der Waals surface area contributed by atoms with Crippen molar-refractivity contribution in [1.29, 1.82) is 0 Å². The van der Waals surface area contributed by atoms with Crippen LogP contribution in [0.5, 0.6) is 11.5 Å². The highest BCUT2D eigenvalue weighted by Gasteiger charge is 2.24. The lowest BCUT2D eigenvalue weighted by Gasteiger charge is -2.15. The van der Waals surface area contributed by atoms with Gasteiger partial charge in [0, 0.05) is 0 Å². The first-order valence-electron chi connectivity index (χ1n) is 8.01. The summed E-state index contributed by atoms with van der Waals surface area (Å²) in [6.45, 7) is -0.617. The van der Waals surface area contributed by atoms with E-state index in [1.165, 1.54) is 22.8 Å². The molecule has 1 amide bonds. The van der Waals surface area contributed by atoms with Crippen LogP contribution in [0.4, 0.5) is 0 Å². The molecule has 1 heterocycles. The Hall–Kier alpha value is -3.81. The van der Waals surface area contributed by atoms with Crippen LogP contribution in [-0.4, -0.2) is 38.3 Å². The quantitative estimate of drug-likeness (QED) is 0.537. The average molecular weight is 368 g/mol. The number of carboxylic acid groups (broad SMARTS) is 1. The molecule has 0 saturated heterocycles. The second-order valence-electron chi connectivity index (χ2n) is 5.85. The van der Waals surface area contributed by atoms with Gasteiger partial charge in [0.25, 0.3) is 11.5 Å². The van der Waals surface area contributed by atoms with E-state index in [9.17, 15) is 24.6 Å². The van der Waals surface area contributed by atoms with E-state index in [2.05, 4.69) is 5.32 Å². The van der Waals surface area contributed by atoms with E-state index < -0.39 is 35.3 Å². The third kappa shape index (κ3) is 3.45. The molecule has 8 nitrogen and oxygen atoms in total. The maximum absolute atomic E-state index is 12.9. The van der Waals surface area contributed by atoms with Crippen LogP contribution in [0.2, 0.25) is 0 Å². The summed E-state index contributed by atoms with van der Waals surface area (Å²) in [7, 11) is 0. The second kappa shape index (κ2) is 7.20. The van der Waals surface area contributed by atoms with Crippen molar-refractivity contribution in [3.63, 3.8) is 0 Å². The van der Waals surface area contributed by atoms with Crippen LogP contribution in [0.15, 0.2) is 53.3 Å². The number of benzene rings is 2. The molecule has 0 spiro atoms. The number of carboxylic acids is 1. The van der Waals surface area contributed by atoms with Gasteiger partial charge < -0.3 is 25.2 Å². The van der Waals surface area contributed by atoms with Gasteiger partial charge in [0.05, 0.1) is 17.4 Å². The monoisotopic (exact) mass is 368 g/mol. The number of hydrogen-bond acceptors (Lipinski definition) is 5. The maximum Gasteiger partial charge on any atom is 0.322 e. The standard InChI is InChI=1S/C19H16N2O6/c22-13-8-4-7-12-15(13)17(25)16(18(26)20-9-14(23)24)19(27)21(12)10-11-5-2-1-3-6-11/h1-8,22,25H,9-10H2,(H,20,26)(H,23,24). The van der Waals surface area contributed by atoms with Gasteiger partial charge >= 0.3 is 5.97 Å². The van der Waals surface area contributed by atoms with Crippen molar-refractivity contribution in [3.8, 4) is 11.5 Å². The summed E-state index contributed by atoms with van der Waals surface area (Å²) in [6, 6.07) is 13.4. The number of fused-ring (bicyclic) bond motifs is 1. The summed E-state index contributed by atoms with van der Waals surface area (Å²) in [4.78, 5) is 35.9. The maximum atomic E-state index is 12.9. The Kier molecular flexibility index (Phi) is 4.80. The van der Waals surface area contributed by atoms with Crippen molar-refractivity contribution in [2.75, 3.05) is 6.54 Å². The van der Waals surface area contributed by atoms with E-state index >= 15 is 0 Å². The van der Waals surface area contributed by atoms with Crippen molar-refractivity contribution < 1.29 is 24.9 Å². The number of amides is 1. The Morgan fingerprint density at radius 1 is 1.00 bits per heavy atom. The predicted octanol–water partition coefficient (Wildman–Crippen LogP) is 1.28. The smallest absolute Gasteiger partial charge is 0.322 e. The third-order valence-corrected chi connectivity index (χ3v) is 4.05. The summed E-state index contributed by atoms with van der Waals surface area (Å²) in [5.41, 5.74) is -0.401. The topological polar surface area (TPSA) is 129 Å². The lowest BCUT2D eigenvalue weighted by Crippen LogP contribution is -2.36. The number of hydrogen-bond donors (Lipinski definition) is 4. The van der Waals surface area contributed by atoms with Crippen molar-refractivity contribution in [2.45, 2.75) is 6.54 Å². The van der Waals surface area contributed by atoms with E-state index in [1.54, 1.807) is 24.3 Å². The molecule has 0 aliphatic carbocycles. The Morgan fingerprint density at radius 3 is 2.37 bits per heavy atom. The normalized spacial score (nSPS) is 10.7. The first-order valence-corrected chi connectivity index (χ1v) is 8.01. The summed E-state index contributed by atoms with van der Waals surface area (Å²) in [5.74, 6) is -3.33. The summed E-state index contributed by atoms with van der Waals surface area (Å²) in [5, 5.41) is 31.3. The lowest BCUT2D eigenvalue weighted by atomic mass is 10.1. The molecule has 0 aliphatic heterocycles. The number of aromatic hydroxyl groups is 2. The highest BCUT2D eigenvalue weighted by molar-refractivity contribution is 6.04. The van der Waals surface area contributed by atoms with Crippen LogP contribution in [0, 0.1) is 0 Å². The van der Waals surface area contributed by atoms with Crippen LogP contribution in [0.1, 0.15) is 15.9 Å². The zero-order valence-electron chi connectivity index (χ0n) is 14.0. The van der Waals surface area contributed by atoms with Gasteiger partial charge in [0.15, 0.2) is 0 Å². The number of nitrogens with one attached hydrogen (secondary N) is 1. The van der Waals surface area contributed by atoms with Gasteiger partial charge in [-0.1, -0.05) is 36.4 Å². The number of aliphatic carboxylic acids is 1. The van der Waals surface area contributed by atoms with Gasteiger partial charge in [-0.25, -0.2) is 0 Å². The van der Waals surface area contributed by atoms with Crippen molar-refractivity contribution in [2.24, 2.45) is 0 Å². The second-order valence-corrected chi connectivity index (χ2v) is 5.85. The van der Waals surface area contributed by atoms with E-state index in [1.807, 2.05) is 6.07 Å². The minimum Gasteiger partial charge on any atom is -0.507 e. The Labute approximate surface area is 152 Å². The number of nitrogens with zero attached hydrogens (tertiary/aromatic N) is 1. The molecule has 0 atom stereocenters. The van der Waals surface area contributed by atoms with E-state index in [0.717, 1.165) is 5.56 Å². The molecule has 4 N–H and O–H groups in total. The van der Waals surface area contributed by atoms with Crippen LogP contribution in [0.3, 0.4) is 0 Å². The highest BCUT2D eigenvalue weighted by atomic mass is 16.4. The SMILES string of the molecule is O=C(O)CNC(=O)c1c(O)c2c(O)cccc2n(Cc2ccccc2)c1=O. The molecule has 0 bridgehead atoms. The number of phenolic OH excluding ortho intramolecular Hbond substituents is 1. The zero-order chi connectivity index (χ0) is 19.6. The molecule has 2 aromatic carbocycles. The molecule has 0 fully saturated rings. The largest absolute Gasteiger partial charge is 0.507 e. The number of phenols is 1. The van der Waals surface area contributed by atoms with Crippen LogP contribution in [0.25, 0.3) is 10.9 Å². The lowest BCUT2D eigenvalue weighted by molar-refractivity contribution is -0.135. The van der Waals surface area contributed by atoms with Crippen LogP contribution < -0.4 is 10.9 Å². The molecule has 3 rings (SSSR count). The van der Waals surface area contributed by atoms with E-state index in [0.29, 0.717) is 0 Å². The predicted molar refractivity (Wildman–Crippen MR) is 97.1 cm³/mol. The fourth-order valence-corrected chi connectivity index (χ4v) is 2.84. The number of rotatable bonds is 5. The molecule has 27 heavy (non-hydrogen) atoms. The zero-order valence-corrected chi connectivity index (χ0v) is 14.0. The van der Waals surface area contributed by atoms with Crippen molar-refractivity contribution in [3.05, 3.63) is 70.0 Å². The number of aromatic nitrogens is 1. The minimum absolute atomic E-state index is 0.0616. The minimum atomic E-state index is -1.30. The van der Waals surface area contributed by atoms with Crippen LogP contribution >= 0.6 is 0 Å². The molecular weight excluding hydrogens is 352 g/mol. The van der Waals surface area contributed by atoms with Gasteiger partial charge in [0.2, 0.25) is 0 Å². The highest BCUT2D eigenvalue weighted by Crippen LogP contribution is 2.33. The molecule has 138 valence electrons. The molecule has 0 unspecified atom stereocenters. The fraction of sp³-hybridized carbons (Fsp3) is 0.105. The van der Waals surface area contributed by atoms with Gasteiger partial charge in [-0.05, 0) is 17.7 Å². The Morgan fingerprint density at radius 2 is 1.70 bits per heavy atom. The van der Waals surface area contributed by atoms with Gasteiger partial charge in [-0.15, -0.1) is 0 Å². The molecule has 3 aromatic rings. The summed E-state index contributed by atoms with van der Waals surface area (Å²) in [6.07, 6.45) is 0. The third-order valence-electron chi connectivity index (χ3n) is 4.05. The number of carbonyl (C=O) groups is 2. The van der Waals surface area contributed by atoms with Gasteiger partial charge in [0.1, 0.15) is 23.6 Å². The van der Waals surface area contributed by atoms with Crippen molar-refractivity contribution in [1.82, 2.24) is 9.88 Å². The Balaban J connectivity index is 2.24. The van der Waals surface area contributed by atoms with E-state index in [-0.39, 0.29) is 23.2 Å². The molecule has 1 aromatic heterocycles. The number of carbonyl (C=O) groups excluding carboxylic acids is 1. The first kappa shape index (κ1) is 18.0. The molecule has 0 radical (unpaired) electrons. The molecule has 0 saturated carbocycles. The fourth-order valence-electron chi connectivity index (χ4n) is 2.84. The molecule has 0 aliphatic rings. The molecule has 8 heteroatoms. The number of pyridine rings is 1. The van der Waals surface area contributed by atoms with E-state index in [4.69, 9.17) is 5.11 Å². The van der Waals surface area contributed by atoms with Gasteiger partial charge in [-0.3, -0.25) is 14.4 Å². The van der Waals surface area contributed by atoms with Crippen LogP contribution in [-0.2, 0) is 11.3 Å². The van der Waals surface area contributed by atoms with Crippen molar-refractivity contribution >= 4 is 22.8 Å². The summed E-state index contributed by atoms with van der Waals surface area (Å²) >= 11 is 0.